The molecule has 29 heavy (non-hydrogen) atoms. The molecule has 0 bridgehead atoms. The van der Waals surface area contributed by atoms with Crippen LogP contribution in [0.3, 0.4) is 0 Å². The molecule has 0 fully saturated rings. The lowest BCUT2D eigenvalue weighted by Crippen LogP contribution is -2.15. The standard InChI is InChI=1S/C22H19ClN4OS/c1-3-14-6-4-5-7-17(14)26-22(28)21-13(2)27-29-20(21)11-16-12-24-19-10-15(23)8-9-18(19)25-16/h4-10,12H,3,11H2,1-2H3,(H,26,28). The van der Waals surface area contributed by atoms with Crippen LogP contribution in [0.25, 0.3) is 11.0 Å². The Morgan fingerprint density at radius 3 is 2.83 bits per heavy atom. The summed E-state index contributed by atoms with van der Waals surface area (Å²) in [7, 11) is 0. The van der Waals surface area contributed by atoms with E-state index in [1.54, 1.807) is 18.3 Å². The number of carbonyl (C=O) groups is 1. The molecule has 1 N–H and O–H groups in total. The molecule has 7 heteroatoms. The van der Waals surface area contributed by atoms with Crippen molar-refractivity contribution in [2.75, 3.05) is 5.32 Å². The average molecular weight is 423 g/mol. The van der Waals surface area contributed by atoms with Crippen molar-refractivity contribution >= 4 is 45.8 Å². The number of aryl methyl sites for hydroxylation is 2. The molecule has 0 atom stereocenters. The molecule has 0 aliphatic heterocycles. The molecule has 2 aromatic heterocycles. The van der Waals surface area contributed by atoms with E-state index in [9.17, 15) is 4.79 Å². The van der Waals surface area contributed by atoms with Crippen molar-refractivity contribution in [3.8, 4) is 0 Å². The lowest BCUT2D eigenvalue weighted by molar-refractivity contribution is 0.102. The van der Waals surface area contributed by atoms with E-state index < -0.39 is 0 Å². The number of halogens is 1. The highest BCUT2D eigenvalue weighted by Gasteiger charge is 2.20. The zero-order valence-corrected chi connectivity index (χ0v) is 17.6. The maximum absolute atomic E-state index is 13.0. The largest absolute Gasteiger partial charge is 0.322 e. The lowest BCUT2D eigenvalue weighted by Gasteiger charge is -2.10. The van der Waals surface area contributed by atoms with Gasteiger partial charge in [0.1, 0.15) is 0 Å². The van der Waals surface area contributed by atoms with Gasteiger partial charge in [0, 0.05) is 28.2 Å². The molecule has 0 saturated carbocycles. The molecule has 5 nitrogen and oxygen atoms in total. The van der Waals surface area contributed by atoms with Gasteiger partial charge in [0.25, 0.3) is 5.91 Å². The van der Waals surface area contributed by atoms with E-state index in [4.69, 9.17) is 11.6 Å². The molecule has 0 spiro atoms. The lowest BCUT2D eigenvalue weighted by atomic mass is 10.1. The van der Waals surface area contributed by atoms with Crippen molar-refractivity contribution in [2.45, 2.75) is 26.7 Å². The number of carbonyl (C=O) groups excluding carboxylic acids is 1. The summed E-state index contributed by atoms with van der Waals surface area (Å²) >= 11 is 7.34. The van der Waals surface area contributed by atoms with Gasteiger partial charge in [-0.05, 0) is 54.7 Å². The fourth-order valence-corrected chi connectivity index (χ4v) is 4.28. The number of hydrogen-bond acceptors (Lipinski definition) is 5. The highest BCUT2D eigenvalue weighted by molar-refractivity contribution is 7.06. The first-order valence-electron chi connectivity index (χ1n) is 9.30. The van der Waals surface area contributed by atoms with Crippen molar-refractivity contribution in [1.29, 1.82) is 0 Å². The molecule has 4 aromatic rings. The van der Waals surface area contributed by atoms with E-state index in [0.717, 1.165) is 45.0 Å². The zero-order valence-electron chi connectivity index (χ0n) is 16.1. The van der Waals surface area contributed by atoms with Crippen LogP contribution in [0.5, 0.6) is 0 Å². The van der Waals surface area contributed by atoms with Crippen LogP contribution in [0.1, 0.15) is 39.1 Å². The normalized spacial score (nSPS) is 11.0. The van der Waals surface area contributed by atoms with Gasteiger partial charge in [0.05, 0.1) is 28.0 Å². The number of anilines is 1. The van der Waals surface area contributed by atoms with Crippen LogP contribution < -0.4 is 5.32 Å². The number of rotatable bonds is 5. The maximum Gasteiger partial charge on any atom is 0.258 e. The number of nitrogens with zero attached hydrogens (tertiary/aromatic N) is 3. The number of para-hydroxylation sites is 1. The average Bonchev–Trinajstić information content (AvgIpc) is 3.08. The van der Waals surface area contributed by atoms with Crippen molar-refractivity contribution in [3.63, 3.8) is 0 Å². The minimum absolute atomic E-state index is 0.146. The van der Waals surface area contributed by atoms with Gasteiger partial charge in [-0.15, -0.1) is 0 Å². The predicted molar refractivity (Wildman–Crippen MR) is 118 cm³/mol. The van der Waals surface area contributed by atoms with Crippen LogP contribution >= 0.6 is 23.1 Å². The van der Waals surface area contributed by atoms with Crippen LogP contribution in [0.2, 0.25) is 5.02 Å². The van der Waals surface area contributed by atoms with Crippen LogP contribution in [-0.2, 0) is 12.8 Å². The number of amides is 1. The molecule has 4 rings (SSSR count). The fourth-order valence-electron chi connectivity index (χ4n) is 3.24. The number of fused-ring (bicyclic) bond motifs is 1. The van der Waals surface area contributed by atoms with Gasteiger partial charge in [0.2, 0.25) is 0 Å². The molecule has 0 unspecified atom stereocenters. The minimum Gasteiger partial charge on any atom is -0.322 e. The molecule has 2 aromatic carbocycles. The Morgan fingerprint density at radius 1 is 1.17 bits per heavy atom. The minimum atomic E-state index is -0.146. The second kappa shape index (κ2) is 8.27. The predicted octanol–water partition coefficient (Wildman–Crippen LogP) is 5.45. The number of nitrogens with one attached hydrogen (secondary N) is 1. The van der Waals surface area contributed by atoms with Crippen LogP contribution in [0.15, 0.2) is 48.7 Å². The second-order valence-corrected chi connectivity index (χ2v) is 8.00. The maximum atomic E-state index is 13.0. The van der Waals surface area contributed by atoms with E-state index >= 15 is 0 Å². The summed E-state index contributed by atoms with van der Waals surface area (Å²) in [6, 6.07) is 13.3. The summed E-state index contributed by atoms with van der Waals surface area (Å²) in [4.78, 5) is 23.0. The molecule has 0 saturated heterocycles. The van der Waals surface area contributed by atoms with Gasteiger partial charge in [-0.2, -0.15) is 4.37 Å². The van der Waals surface area contributed by atoms with Gasteiger partial charge in [-0.25, -0.2) is 4.98 Å². The molecule has 146 valence electrons. The van der Waals surface area contributed by atoms with Crippen molar-refractivity contribution in [1.82, 2.24) is 14.3 Å². The van der Waals surface area contributed by atoms with Crippen LogP contribution in [0, 0.1) is 6.92 Å². The summed E-state index contributed by atoms with van der Waals surface area (Å²) < 4.78 is 4.41. The Balaban J connectivity index is 1.62. The third-order valence-corrected chi connectivity index (χ3v) is 5.87. The molecule has 0 aliphatic rings. The van der Waals surface area contributed by atoms with Crippen molar-refractivity contribution in [2.24, 2.45) is 0 Å². The summed E-state index contributed by atoms with van der Waals surface area (Å²) in [5.74, 6) is -0.146. The van der Waals surface area contributed by atoms with Crippen molar-refractivity contribution < 1.29 is 4.79 Å². The van der Waals surface area contributed by atoms with Gasteiger partial charge < -0.3 is 5.32 Å². The summed E-state index contributed by atoms with van der Waals surface area (Å²) in [6.07, 6.45) is 3.07. The van der Waals surface area contributed by atoms with Crippen LogP contribution in [-0.4, -0.2) is 20.2 Å². The Labute approximate surface area is 178 Å². The number of hydrogen-bond donors (Lipinski definition) is 1. The highest BCUT2D eigenvalue weighted by Crippen LogP contribution is 2.25. The van der Waals surface area contributed by atoms with Gasteiger partial charge >= 0.3 is 0 Å². The zero-order chi connectivity index (χ0) is 20.4. The number of benzene rings is 2. The van der Waals surface area contributed by atoms with Gasteiger partial charge in [0.15, 0.2) is 0 Å². The molecule has 2 heterocycles. The Bertz CT molecular complexity index is 1200. The van der Waals surface area contributed by atoms with Crippen molar-refractivity contribution in [3.05, 3.63) is 81.1 Å². The van der Waals surface area contributed by atoms with E-state index in [0.29, 0.717) is 17.0 Å². The molecule has 0 radical (unpaired) electrons. The monoisotopic (exact) mass is 422 g/mol. The second-order valence-electron chi connectivity index (χ2n) is 6.70. The third kappa shape index (κ3) is 4.13. The first-order valence-corrected chi connectivity index (χ1v) is 10.5. The Morgan fingerprint density at radius 2 is 2.00 bits per heavy atom. The topological polar surface area (TPSA) is 67.8 Å². The third-order valence-electron chi connectivity index (χ3n) is 4.70. The summed E-state index contributed by atoms with van der Waals surface area (Å²) in [6.45, 7) is 3.92. The summed E-state index contributed by atoms with van der Waals surface area (Å²) in [5, 5.41) is 3.67. The molecular weight excluding hydrogens is 404 g/mol. The SMILES string of the molecule is CCc1ccccc1NC(=O)c1c(C)nsc1Cc1cnc2cc(Cl)ccc2n1. The first-order chi connectivity index (χ1) is 14.0. The molecular formula is C22H19ClN4OS. The molecule has 0 aliphatic carbocycles. The smallest absolute Gasteiger partial charge is 0.258 e. The summed E-state index contributed by atoms with van der Waals surface area (Å²) in [5.41, 5.74) is 5.57. The highest BCUT2D eigenvalue weighted by atomic mass is 35.5. The van der Waals surface area contributed by atoms with Crippen LogP contribution in [0.4, 0.5) is 5.69 Å². The Kier molecular flexibility index (Phi) is 5.56. The molecule has 1 amide bonds. The van der Waals surface area contributed by atoms with E-state index in [2.05, 4.69) is 26.6 Å². The first kappa shape index (κ1) is 19.5. The quantitative estimate of drug-likeness (QED) is 0.464. The Hall–Kier alpha value is -2.83. The van der Waals surface area contributed by atoms with Gasteiger partial charge in [-0.1, -0.05) is 36.7 Å². The number of aromatic nitrogens is 3. The fraction of sp³-hybridized carbons (Fsp3) is 0.182. The van der Waals surface area contributed by atoms with E-state index in [1.807, 2.05) is 37.3 Å². The van der Waals surface area contributed by atoms with E-state index in [1.165, 1.54) is 11.5 Å². The van der Waals surface area contributed by atoms with E-state index in [-0.39, 0.29) is 5.91 Å². The van der Waals surface area contributed by atoms with Gasteiger partial charge in [-0.3, -0.25) is 9.78 Å².